The summed E-state index contributed by atoms with van der Waals surface area (Å²) in [6.07, 6.45) is 2.16. The van der Waals surface area contributed by atoms with Crippen LogP contribution in [0.15, 0.2) is 42.6 Å². The van der Waals surface area contributed by atoms with E-state index in [4.69, 9.17) is 10.8 Å². The van der Waals surface area contributed by atoms with Crippen molar-refractivity contribution in [3.05, 3.63) is 59.7 Å². The Bertz CT molecular complexity index is 543. The highest BCUT2D eigenvalue weighted by molar-refractivity contribution is 5.73. The lowest BCUT2D eigenvalue weighted by atomic mass is 10.1. The first-order chi connectivity index (χ1) is 8.66. The zero-order chi connectivity index (χ0) is 13.0. The molecule has 3 N–H and O–H groups in total. The van der Waals surface area contributed by atoms with Crippen LogP contribution in [-0.4, -0.2) is 21.0 Å². The van der Waals surface area contributed by atoms with Gasteiger partial charge in [0.15, 0.2) is 11.9 Å². The fourth-order valence-corrected chi connectivity index (χ4v) is 1.58. The van der Waals surface area contributed by atoms with Crippen LogP contribution in [0.1, 0.15) is 23.1 Å². The van der Waals surface area contributed by atoms with Gasteiger partial charge in [0.1, 0.15) is 0 Å². The van der Waals surface area contributed by atoms with Crippen molar-refractivity contribution in [1.82, 2.24) is 9.97 Å². The first-order valence-electron chi connectivity index (χ1n) is 5.51. The quantitative estimate of drug-likeness (QED) is 0.840. The van der Waals surface area contributed by atoms with Crippen molar-refractivity contribution in [2.45, 2.75) is 12.5 Å². The molecule has 0 aliphatic heterocycles. The molecule has 0 saturated heterocycles. The first-order valence-corrected chi connectivity index (χ1v) is 5.51. The Morgan fingerprint density at radius 2 is 2.00 bits per heavy atom. The first kappa shape index (κ1) is 12.2. The van der Waals surface area contributed by atoms with Crippen molar-refractivity contribution in [3.63, 3.8) is 0 Å². The van der Waals surface area contributed by atoms with Gasteiger partial charge < -0.3 is 10.8 Å². The van der Waals surface area contributed by atoms with Crippen molar-refractivity contribution in [2.75, 3.05) is 0 Å². The van der Waals surface area contributed by atoms with E-state index in [1.54, 1.807) is 6.07 Å². The van der Waals surface area contributed by atoms with Crippen molar-refractivity contribution in [2.24, 2.45) is 5.73 Å². The molecule has 1 aromatic carbocycles. The zero-order valence-electron chi connectivity index (χ0n) is 9.65. The molecule has 5 heteroatoms. The summed E-state index contributed by atoms with van der Waals surface area (Å²) in [5, 5.41) is 8.81. The number of aliphatic carboxylic acids is 1. The molecule has 2 rings (SSSR count). The van der Waals surface area contributed by atoms with E-state index in [1.165, 1.54) is 6.20 Å². The number of rotatable bonds is 4. The Balaban J connectivity index is 2.20. The number of aromatic nitrogens is 2. The molecule has 0 radical (unpaired) electrons. The van der Waals surface area contributed by atoms with Crippen LogP contribution < -0.4 is 5.73 Å². The van der Waals surface area contributed by atoms with Crippen LogP contribution >= 0.6 is 0 Å². The molecule has 0 aliphatic rings. The maximum atomic E-state index is 10.8. The van der Waals surface area contributed by atoms with Gasteiger partial charge >= 0.3 is 5.97 Å². The summed E-state index contributed by atoms with van der Waals surface area (Å²) >= 11 is 0. The van der Waals surface area contributed by atoms with Gasteiger partial charge in [0.05, 0.1) is 0 Å². The third-order valence-corrected chi connectivity index (χ3v) is 2.50. The maximum absolute atomic E-state index is 10.8. The summed E-state index contributed by atoms with van der Waals surface area (Å²) in [4.78, 5) is 18.8. The number of carbonyl (C=O) groups is 1. The van der Waals surface area contributed by atoms with Gasteiger partial charge in [-0.15, -0.1) is 0 Å². The Kier molecular flexibility index (Phi) is 3.64. The van der Waals surface area contributed by atoms with Gasteiger partial charge in [0.25, 0.3) is 0 Å². The SMILES string of the molecule is NC(C(=O)O)c1nccc(Cc2ccccc2)n1. The maximum Gasteiger partial charge on any atom is 0.328 e. The Morgan fingerprint density at radius 1 is 1.28 bits per heavy atom. The zero-order valence-corrected chi connectivity index (χ0v) is 9.65. The second-order valence-electron chi connectivity index (χ2n) is 3.88. The van der Waals surface area contributed by atoms with E-state index in [0.717, 1.165) is 11.3 Å². The minimum absolute atomic E-state index is 0.135. The second kappa shape index (κ2) is 5.37. The van der Waals surface area contributed by atoms with Crippen LogP contribution in [-0.2, 0) is 11.2 Å². The summed E-state index contributed by atoms with van der Waals surface area (Å²) in [7, 11) is 0. The number of nitrogens with zero attached hydrogens (tertiary/aromatic N) is 2. The third kappa shape index (κ3) is 2.89. The minimum Gasteiger partial charge on any atom is -0.480 e. The van der Waals surface area contributed by atoms with Crippen molar-refractivity contribution in [1.29, 1.82) is 0 Å². The summed E-state index contributed by atoms with van der Waals surface area (Å²) in [5.74, 6) is -0.997. The molecule has 0 saturated carbocycles. The number of hydrogen-bond acceptors (Lipinski definition) is 4. The van der Waals surface area contributed by atoms with Crippen molar-refractivity contribution >= 4 is 5.97 Å². The average molecular weight is 243 g/mol. The molecule has 0 aliphatic carbocycles. The van der Waals surface area contributed by atoms with E-state index >= 15 is 0 Å². The molecule has 1 heterocycles. The van der Waals surface area contributed by atoms with Gasteiger partial charge in [-0.1, -0.05) is 30.3 Å². The van der Waals surface area contributed by atoms with Crippen LogP contribution in [0.4, 0.5) is 0 Å². The fraction of sp³-hybridized carbons (Fsp3) is 0.154. The monoisotopic (exact) mass is 243 g/mol. The van der Waals surface area contributed by atoms with Crippen LogP contribution in [0.3, 0.4) is 0 Å². The fourth-order valence-electron chi connectivity index (χ4n) is 1.58. The summed E-state index contributed by atoms with van der Waals surface area (Å²) < 4.78 is 0. The highest BCUT2D eigenvalue weighted by atomic mass is 16.4. The predicted molar refractivity (Wildman–Crippen MR) is 65.8 cm³/mol. The van der Waals surface area contributed by atoms with E-state index in [9.17, 15) is 4.79 Å². The Labute approximate surface area is 104 Å². The number of carboxylic acid groups (broad SMARTS) is 1. The van der Waals surface area contributed by atoms with E-state index in [-0.39, 0.29) is 5.82 Å². The van der Waals surface area contributed by atoms with Crippen LogP contribution in [0, 0.1) is 0 Å². The standard InChI is InChI=1S/C13H13N3O2/c14-11(13(17)18)12-15-7-6-10(16-12)8-9-4-2-1-3-5-9/h1-7,11H,8,14H2,(H,17,18). The highest BCUT2D eigenvalue weighted by Gasteiger charge is 2.17. The third-order valence-electron chi connectivity index (χ3n) is 2.50. The van der Waals surface area contributed by atoms with Gasteiger partial charge in [-0.05, 0) is 11.6 Å². The van der Waals surface area contributed by atoms with Crippen molar-refractivity contribution in [3.8, 4) is 0 Å². The van der Waals surface area contributed by atoms with E-state index in [0.29, 0.717) is 6.42 Å². The summed E-state index contributed by atoms with van der Waals surface area (Å²) in [5.41, 5.74) is 7.33. The molecule has 0 bridgehead atoms. The second-order valence-corrected chi connectivity index (χ2v) is 3.88. The minimum atomic E-state index is -1.18. The lowest BCUT2D eigenvalue weighted by Crippen LogP contribution is -2.23. The molecule has 92 valence electrons. The Morgan fingerprint density at radius 3 is 2.67 bits per heavy atom. The van der Waals surface area contributed by atoms with Crippen LogP contribution in [0.25, 0.3) is 0 Å². The Hall–Kier alpha value is -2.27. The van der Waals surface area contributed by atoms with Crippen LogP contribution in [0.5, 0.6) is 0 Å². The molecule has 5 nitrogen and oxygen atoms in total. The van der Waals surface area contributed by atoms with E-state index < -0.39 is 12.0 Å². The smallest absolute Gasteiger partial charge is 0.328 e. The number of carboxylic acids is 1. The number of hydrogen-bond donors (Lipinski definition) is 2. The molecular weight excluding hydrogens is 230 g/mol. The van der Waals surface area contributed by atoms with Gasteiger partial charge in [0.2, 0.25) is 0 Å². The van der Waals surface area contributed by atoms with Gasteiger partial charge in [-0.2, -0.15) is 0 Å². The number of benzene rings is 1. The van der Waals surface area contributed by atoms with Gasteiger partial charge in [-0.3, -0.25) is 4.79 Å². The molecule has 0 fully saturated rings. The van der Waals surface area contributed by atoms with Gasteiger partial charge in [0, 0.05) is 18.3 Å². The van der Waals surface area contributed by atoms with E-state index in [2.05, 4.69) is 9.97 Å². The normalized spacial score (nSPS) is 12.1. The highest BCUT2D eigenvalue weighted by Crippen LogP contribution is 2.09. The molecule has 1 aromatic heterocycles. The predicted octanol–water partition coefficient (Wildman–Crippen LogP) is 1.15. The summed E-state index contributed by atoms with van der Waals surface area (Å²) in [6.45, 7) is 0. The summed E-state index contributed by atoms with van der Waals surface area (Å²) in [6, 6.07) is 10.4. The van der Waals surface area contributed by atoms with E-state index in [1.807, 2.05) is 30.3 Å². The lowest BCUT2D eigenvalue weighted by Gasteiger charge is -2.07. The molecule has 0 spiro atoms. The molecule has 1 atom stereocenters. The largest absolute Gasteiger partial charge is 0.480 e. The number of nitrogens with two attached hydrogens (primary N) is 1. The molecule has 0 amide bonds. The molecular formula is C13H13N3O2. The van der Waals surface area contributed by atoms with Crippen LogP contribution in [0.2, 0.25) is 0 Å². The molecule has 2 aromatic rings. The lowest BCUT2D eigenvalue weighted by molar-refractivity contribution is -0.138. The topological polar surface area (TPSA) is 89.1 Å². The van der Waals surface area contributed by atoms with Gasteiger partial charge in [-0.25, -0.2) is 9.97 Å². The molecule has 18 heavy (non-hydrogen) atoms. The van der Waals surface area contributed by atoms with Crippen molar-refractivity contribution < 1.29 is 9.90 Å². The average Bonchev–Trinajstić information content (AvgIpc) is 2.39. The molecule has 1 unspecified atom stereocenters.